The minimum absolute atomic E-state index is 0.554. The summed E-state index contributed by atoms with van der Waals surface area (Å²) in [6.45, 7) is 7.76. The van der Waals surface area contributed by atoms with Crippen LogP contribution in [0.3, 0.4) is 0 Å². The van der Waals surface area contributed by atoms with Gasteiger partial charge in [-0.2, -0.15) is 0 Å². The quantitative estimate of drug-likeness (QED) is 0.756. The predicted molar refractivity (Wildman–Crippen MR) is 93.5 cm³/mol. The third-order valence-electron chi connectivity index (χ3n) is 4.62. The largest absolute Gasteiger partial charge is 0.311 e. The van der Waals surface area contributed by atoms with E-state index in [9.17, 15) is 0 Å². The van der Waals surface area contributed by atoms with Crippen LogP contribution in [0.2, 0.25) is 0 Å². The van der Waals surface area contributed by atoms with Crippen molar-refractivity contribution in [2.45, 2.75) is 65.3 Å². The van der Waals surface area contributed by atoms with Crippen molar-refractivity contribution in [3.63, 3.8) is 0 Å². The molecule has 1 saturated carbocycles. The van der Waals surface area contributed by atoms with Gasteiger partial charge in [0.25, 0.3) is 0 Å². The average molecular weight is 285 g/mol. The van der Waals surface area contributed by atoms with Gasteiger partial charge in [-0.1, -0.05) is 75.9 Å². The molecule has 0 aliphatic heterocycles. The van der Waals surface area contributed by atoms with Crippen LogP contribution >= 0.6 is 0 Å². The zero-order valence-corrected chi connectivity index (χ0v) is 14.0. The van der Waals surface area contributed by atoms with E-state index in [1.165, 1.54) is 43.2 Å². The van der Waals surface area contributed by atoms with Gasteiger partial charge in [0.15, 0.2) is 0 Å². The molecule has 0 unspecified atom stereocenters. The highest BCUT2D eigenvalue weighted by Gasteiger charge is 2.18. The van der Waals surface area contributed by atoms with E-state index < -0.39 is 0 Å². The van der Waals surface area contributed by atoms with Crippen molar-refractivity contribution in [1.29, 1.82) is 0 Å². The first-order valence-corrected chi connectivity index (χ1v) is 8.72. The summed E-state index contributed by atoms with van der Waals surface area (Å²) in [5.74, 6) is 0.787. The average Bonchev–Trinajstić information content (AvgIpc) is 2.52. The van der Waals surface area contributed by atoms with E-state index in [0.717, 1.165) is 18.9 Å². The summed E-state index contributed by atoms with van der Waals surface area (Å²) in [4.78, 5) is 0. The standard InChI is InChI=1S/C20H31N/c1-4-17-10-8-9-13-19(17)14-20(15-21-16(2)3)18-11-6-5-7-12-18/h8-10,13-14,16,18,21H,4-7,11-12,15H2,1-3H3/b20-14-. The number of hydrogen-bond acceptors (Lipinski definition) is 1. The van der Waals surface area contributed by atoms with E-state index in [-0.39, 0.29) is 0 Å². The van der Waals surface area contributed by atoms with Crippen LogP contribution in [0.4, 0.5) is 0 Å². The lowest BCUT2D eigenvalue weighted by molar-refractivity contribution is 0.394. The summed E-state index contributed by atoms with van der Waals surface area (Å²) < 4.78 is 0. The van der Waals surface area contributed by atoms with Gasteiger partial charge in [0.1, 0.15) is 0 Å². The van der Waals surface area contributed by atoms with E-state index >= 15 is 0 Å². The molecule has 116 valence electrons. The minimum Gasteiger partial charge on any atom is -0.311 e. The molecule has 1 aliphatic carbocycles. The third-order valence-corrected chi connectivity index (χ3v) is 4.62. The molecular weight excluding hydrogens is 254 g/mol. The van der Waals surface area contributed by atoms with Crippen molar-refractivity contribution < 1.29 is 0 Å². The SMILES string of the molecule is CCc1ccccc1/C=C(/CNC(C)C)C1CCCCC1. The molecule has 1 aromatic rings. The molecule has 21 heavy (non-hydrogen) atoms. The highest BCUT2D eigenvalue weighted by atomic mass is 14.9. The van der Waals surface area contributed by atoms with Crippen LogP contribution in [0.15, 0.2) is 29.8 Å². The van der Waals surface area contributed by atoms with Crippen molar-refractivity contribution in [1.82, 2.24) is 5.32 Å². The maximum Gasteiger partial charge on any atom is 0.0173 e. The van der Waals surface area contributed by atoms with Crippen molar-refractivity contribution >= 4 is 6.08 Å². The summed E-state index contributed by atoms with van der Waals surface area (Å²) in [7, 11) is 0. The molecule has 1 aliphatic rings. The van der Waals surface area contributed by atoms with Gasteiger partial charge in [-0.3, -0.25) is 0 Å². The van der Waals surface area contributed by atoms with Crippen molar-refractivity contribution in [2.24, 2.45) is 5.92 Å². The Morgan fingerprint density at radius 2 is 1.90 bits per heavy atom. The second-order valence-corrected chi connectivity index (χ2v) is 6.64. The van der Waals surface area contributed by atoms with Gasteiger partial charge in [0.05, 0.1) is 0 Å². The molecule has 1 N–H and O–H groups in total. The normalized spacial score (nSPS) is 17.4. The Hall–Kier alpha value is -1.08. The lowest BCUT2D eigenvalue weighted by atomic mass is 9.82. The number of nitrogens with one attached hydrogen (secondary N) is 1. The Labute approximate surface area is 130 Å². The van der Waals surface area contributed by atoms with Crippen LogP contribution in [-0.4, -0.2) is 12.6 Å². The highest BCUT2D eigenvalue weighted by Crippen LogP contribution is 2.31. The van der Waals surface area contributed by atoms with Gasteiger partial charge >= 0.3 is 0 Å². The zero-order valence-electron chi connectivity index (χ0n) is 14.0. The molecule has 0 amide bonds. The molecule has 1 nitrogen and oxygen atoms in total. The Morgan fingerprint density at radius 1 is 1.19 bits per heavy atom. The van der Waals surface area contributed by atoms with Gasteiger partial charge < -0.3 is 5.32 Å². The van der Waals surface area contributed by atoms with E-state index in [4.69, 9.17) is 0 Å². The summed E-state index contributed by atoms with van der Waals surface area (Å²) in [6.07, 6.45) is 10.6. The Bertz CT molecular complexity index is 453. The number of aryl methyl sites for hydroxylation is 1. The maximum absolute atomic E-state index is 3.63. The van der Waals surface area contributed by atoms with Crippen molar-refractivity contribution in [2.75, 3.05) is 6.54 Å². The molecule has 0 aromatic heterocycles. The maximum atomic E-state index is 3.63. The van der Waals surface area contributed by atoms with Crippen LogP contribution in [0, 0.1) is 5.92 Å². The number of benzene rings is 1. The first-order valence-electron chi connectivity index (χ1n) is 8.72. The molecule has 0 atom stereocenters. The summed E-state index contributed by atoms with van der Waals surface area (Å²) in [6, 6.07) is 9.41. The van der Waals surface area contributed by atoms with E-state index in [0.29, 0.717) is 6.04 Å². The topological polar surface area (TPSA) is 12.0 Å². The van der Waals surface area contributed by atoms with Crippen LogP contribution in [0.1, 0.15) is 64.0 Å². The second-order valence-electron chi connectivity index (χ2n) is 6.64. The fraction of sp³-hybridized carbons (Fsp3) is 0.600. The fourth-order valence-corrected chi connectivity index (χ4v) is 3.31. The van der Waals surface area contributed by atoms with Gasteiger partial charge in [0, 0.05) is 12.6 Å². The molecule has 1 heteroatoms. The van der Waals surface area contributed by atoms with Crippen LogP contribution in [-0.2, 0) is 6.42 Å². The van der Waals surface area contributed by atoms with E-state index in [1.54, 1.807) is 5.57 Å². The molecule has 0 spiro atoms. The first kappa shape index (κ1) is 16.3. The molecule has 0 radical (unpaired) electrons. The molecule has 1 fully saturated rings. The smallest absolute Gasteiger partial charge is 0.0173 e. The van der Waals surface area contributed by atoms with Gasteiger partial charge in [-0.15, -0.1) is 0 Å². The monoisotopic (exact) mass is 285 g/mol. The minimum atomic E-state index is 0.554. The molecule has 0 saturated heterocycles. The Kier molecular flexibility index (Phi) is 6.50. The third kappa shape index (κ3) is 5.00. The first-order chi connectivity index (χ1) is 10.2. The van der Waals surface area contributed by atoms with Crippen LogP contribution in [0.5, 0.6) is 0 Å². The lowest BCUT2D eigenvalue weighted by Gasteiger charge is -2.26. The van der Waals surface area contributed by atoms with E-state index in [1.807, 2.05) is 0 Å². The van der Waals surface area contributed by atoms with Gasteiger partial charge in [-0.05, 0) is 36.3 Å². The van der Waals surface area contributed by atoms with Crippen molar-refractivity contribution in [3.8, 4) is 0 Å². The molecule has 1 aromatic carbocycles. The summed E-state index contributed by atoms with van der Waals surface area (Å²) in [5.41, 5.74) is 4.51. The lowest BCUT2D eigenvalue weighted by Crippen LogP contribution is -2.28. The van der Waals surface area contributed by atoms with Gasteiger partial charge in [0.2, 0.25) is 0 Å². The second kappa shape index (κ2) is 8.38. The molecule has 0 heterocycles. The van der Waals surface area contributed by atoms with Crippen LogP contribution in [0.25, 0.3) is 6.08 Å². The van der Waals surface area contributed by atoms with E-state index in [2.05, 4.69) is 56.4 Å². The van der Waals surface area contributed by atoms with Crippen LogP contribution < -0.4 is 5.32 Å². The van der Waals surface area contributed by atoms with Gasteiger partial charge in [-0.25, -0.2) is 0 Å². The fourth-order valence-electron chi connectivity index (χ4n) is 3.31. The Balaban J connectivity index is 2.21. The predicted octanol–water partition coefficient (Wildman–Crippen LogP) is 5.21. The molecular formula is C20H31N. The summed E-state index contributed by atoms with van der Waals surface area (Å²) >= 11 is 0. The number of rotatable bonds is 6. The Morgan fingerprint density at radius 3 is 2.57 bits per heavy atom. The summed E-state index contributed by atoms with van der Waals surface area (Å²) in [5, 5.41) is 3.63. The molecule has 0 bridgehead atoms. The number of hydrogen-bond donors (Lipinski definition) is 1. The zero-order chi connectivity index (χ0) is 15.1. The molecule has 2 rings (SSSR count). The highest BCUT2D eigenvalue weighted by molar-refractivity contribution is 5.57. The van der Waals surface area contributed by atoms with Crippen molar-refractivity contribution in [3.05, 3.63) is 41.0 Å².